The summed E-state index contributed by atoms with van der Waals surface area (Å²) in [4.78, 5) is 31.4. The fourth-order valence-corrected chi connectivity index (χ4v) is 5.23. The van der Waals surface area contributed by atoms with E-state index in [0.717, 1.165) is 20.5 Å². The van der Waals surface area contributed by atoms with Crippen LogP contribution >= 0.6 is 33.9 Å². The van der Waals surface area contributed by atoms with Crippen molar-refractivity contribution in [3.63, 3.8) is 0 Å². The first-order valence-corrected chi connectivity index (χ1v) is 12.5. The van der Waals surface area contributed by atoms with Gasteiger partial charge in [0, 0.05) is 25.6 Å². The topological polar surface area (TPSA) is 101 Å². The highest BCUT2D eigenvalue weighted by atomic mass is 127. The van der Waals surface area contributed by atoms with Crippen molar-refractivity contribution in [2.75, 3.05) is 5.73 Å². The molecule has 0 saturated heterocycles. The van der Waals surface area contributed by atoms with Crippen LogP contribution < -0.4 is 16.0 Å². The number of nitrogen functional groups attached to an aromatic ring is 1. The Hall–Kier alpha value is -3.81. The molecule has 1 heterocycles. The van der Waals surface area contributed by atoms with E-state index >= 15 is 0 Å². The Morgan fingerprint density at radius 2 is 1.69 bits per heavy atom. The molecule has 1 amide bonds. The van der Waals surface area contributed by atoms with E-state index in [1.165, 1.54) is 0 Å². The molecule has 0 unspecified atom stereocenters. The molecule has 35 heavy (non-hydrogen) atoms. The number of carbonyl (C=O) groups is 1. The van der Waals surface area contributed by atoms with Crippen molar-refractivity contribution in [3.8, 4) is 11.8 Å². The summed E-state index contributed by atoms with van der Waals surface area (Å²) in [6.45, 7) is 1.94. The third kappa shape index (κ3) is 4.03. The van der Waals surface area contributed by atoms with Gasteiger partial charge in [-0.15, -0.1) is 0 Å². The van der Waals surface area contributed by atoms with Gasteiger partial charge < -0.3 is 5.73 Å². The Balaban J connectivity index is 2.04. The van der Waals surface area contributed by atoms with E-state index in [9.17, 15) is 14.9 Å². The molecule has 5 rings (SSSR count). The third-order valence-corrected chi connectivity index (χ3v) is 7.30. The second-order valence-electron chi connectivity index (χ2n) is 7.93. The van der Waals surface area contributed by atoms with E-state index in [4.69, 9.17) is 5.73 Å². The SMILES string of the molecule is Cc1ccc(C(=O)N=c2sc(N)c(C#N)c3c(=O)c4ccccc4c=3n2-c2ccc(I)cc2)cc1. The van der Waals surface area contributed by atoms with Gasteiger partial charge in [-0.25, -0.2) is 0 Å². The minimum atomic E-state index is -0.448. The van der Waals surface area contributed by atoms with Crippen molar-refractivity contribution in [2.24, 2.45) is 4.99 Å². The normalized spacial score (nSPS) is 11.6. The first kappa shape index (κ1) is 23.0. The second-order valence-corrected chi connectivity index (χ2v) is 10.2. The molecule has 8 heteroatoms. The Kier molecular flexibility index (Phi) is 5.96. The van der Waals surface area contributed by atoms with Crippen molar-refractivity contribution < 1.29 is 4.79 Å². The van der Waals surface area contributed by atoms with Crippen LogP contribution in [0.3, 0.4) is 0 Å². The number of nitrogens with two attached hydrogens (primary N) is 1. The van der Waals surface area contributed by atoms with Gasteiger partial charge in [-0.3, -0.25) is 14.2 Å². The first-order valence-electron chi connectivity index (χ1n) is 10.6. The predicted molar refractivity (Wildman–Crippen MR) is 146 cm³/mol. The molecule has 170 valence electrons. The van der Waals surface area contributed by atoms with Crippen LogP contribution in [0.15, 0.2) is 82.6 Å². The number of anilines is 1. The van der Waals surface area contributed by atoms with Crippen LogP contribution in [0.2, 0.25) is 0 Å². The molecule has 0 saturated carbocycles. The van der Waals surface area contributed by atoms with Crippen LogP contribution in [0, 0.1) is 32.4 Å². The number of aryl methyl sites for hydroxylation is 1. The number of hydrogen-bond donors (Lipinski definition) is 1. The average Bonchev–Trinajstić information content (AvgIpc) is 3.06. The zero-order chi connectivity index (χ0) is 24.7. The molecule has 1 aliphatic carbocycles. The highest BCUT2D eigenvalue weighted by molar-refractivity contribution is 14.1. The molecule has 0 atom stereocenters. The van der Waals surface area contributed by atoms with Gasteiger partial charge >= 0.3 is 0 Å². The van der Waals surface area contributed by atoms with Gasteiger partial charge in [0.1, 0.15) is 11.1 Å². The molecule has 3 aromatic rings. The van der Waals surface area contributed by atoms with Crippen molar-refractivity contribution in [3.05, 3.63) is 119 Å². The van der Waals surface area contributed by atoms with E-state index in [0.29, 0.717) is 27.4 Å². The minimum Gasteiger partial charge on any atom is -0.389 e. The van der Waals surface area contributed by atoms with Crippen LogP contribution in [0.4, 0.5) is 5.00 Å². The lowest BCUT2D eigenvalue weighted by molar-refractivity contribution is 0.0998. The maximum absolute atomic E-state index is 13.5. The molecule has 6 nitrogen and oxygen atoms in total. The van der Waals surface area contributed by atoms with Crippen LogP contribution in [0.25, 0.3) is 16.5 Å². The van der Waals surface area contributed by atoms with Crippen LogP contribution in [-0.2, 0) is 0 Å². The minimum absolute atomic E-state index is 0.0784. The Morgan fingerprint density at radius 3 is 2.34 bits per heavy atom. The fraction of sp³-hybridized carbons (Fsp3) is 0.0370. The van der Waals surface area contributed by atoms with E-state index in [1.807, 2.05) is 55.5 Å². The number of aromatic nitrogens is 1. The van der Waals surface area contributed by atoms with E-state index in [1.54, 1.807) is 28.8 Å². The van der Waals surface area contributed by atoms with E-state index < -0.39 is 5.91 Å². The summed E-state index contributed by atoms with van der Waals surface area (Å²) in [5.74, 6) is -0.448. The number of fused-ring (bicyclic) bond motifs is 2. The summed E-state index contributed by atoms with van der Waals surface area (Å²) in [5, 5.41) is 11.9. The summed E-state index contributed by atoms with van der Waals surface area (Å²) in [5.41, 5.74) is 8.29. The lowest BCUT2D eigenvalue weighted by Crippen LogP contribution is -2.18. The fourth-order valence-electron chi connectivity index (χ4n) is 4.00. The van der Waals surface area contributed by atoms with Crippen LogP contribution in [0.1, 0.15) is 21.5 Å². The molecule has 0 aromatic heterocycles. The Labute approximate surface area is 217 Å². The lowest BCUT2D eigenvalue weighted by Gasteiger charge is -2.07. The third-order valence-electron chi connectivity index (χ3n) is 5.70. The van der Waals surface area contributed by atoms with E-state index in [-0.39, 0.29) is 26.0 Å². The zero-order valence-electron chi connectivity index (χ0n) is 18.4. The van der Waals surface area contributed by atoms with Gasteiger partial charge in [-0.05, 0) is 65.9 Å². The van der Waals surface area contributed by atoms with Gasteiger partial charge in [0.25, 0.3) is 5.91 Å². The van der Waals surface area contributed by atoms with Gasteiger partial charge in [-0.2, -0.15) is 10.3 Å². The van der Waals surface area contributed by atoms with E-state index in [2.05, 4.69) is 33.7 Å². The van der Waals surface area contributed by atoms with Crippen molar-refractivity contribution in [1.82, 2.24) is 4.57 Å². The highest BCUT2D eigenvalue weighted by Crippen LogP contribution is 2.23. The zero-order valence-corrected chi connectivity index (χ0v) is 21.4. The van der Waals surface area contributed by atoms with Gasteiger partial charge in [0.15, 0.2) is 10.2 Å². The predicted octanol–water partition coefficient (Wildman–Crippen LogP) is 4.88. The number of amides is 1. The number of hydrogen-bond acceptors (Lipinski definition) is 5. The van der Waals surface area contributed by atoms with Crippen LogP contribution in [-0.4, -0.2) is 10.5 Å². The van der Waals surface area contributed by atoms with Gasteiger partial charge in [0.2, 0.25) is 0 Å². The number of nitrogens with zero attached hydrogens (tertiary/aromatic N) is 3. The number of nitriles is 1. The van der Waals surface area contributed by atoms with Crippen LogP contribution in [0.5, 0.6) is 0 Å². The molecule has 1 aliphatic heterocycles. The number of benzene rings is 3. The standard InChI is InChI=1S/C27H17IN4O2S/c1-15-6-8-16(9-7-15)26(34)31-27-32(18-12-10-17(28)11-13-18)23-19-4-2-3-5-20(19)24(33)22(23)21(14-29)25(30)35-27/h2-13H,30H2,1H3. The van der Waals surface area contributed by atoms with Crippen molar-refractivity contribution in [2.45, 2.75) is 6.92 Å². The first-order chi connectivity index (χ1) is 16.9. The summed E-state index contributed by atoms with van der Waals surface area (Å²) in [6, 6.07) is 24.0. The summed E-state index contributed by atoms with van der Waals surface area (Å²) in [6.07, 6.45) is 0. The number of halogens is 1. The summed E-state index contributed by atoms with van der Waals surface area (Å²) < 4.78 is 2.78. The highest BCUT2D eigenvalue weighted by Gasteiger charge is 2.17. The molecular weight excluding hydrogens is 571 g/mol. The maximum atomic E-state index is 13.5. The smallest absolute Gasteiger partial charge is 0.279 e. The average molecular weight is 588 g/mol. The number of carbonyl (C=O) groups excluding carboxylic acids is 1. The Morgan fingerprint density at radius 1 is 1.03 bits per heavy atom. The summed E-state index contributed by atoms with van der Waals surface area (Å²) in [7, 11) is 0. The van der Waals surface area contributed by atoms with Gasteiger partial charge in [-0.1, -0.05) is 53.3 Å². The number of rotatable bonds is 2. The maximum Gasteiger partial charge on any atom is 0.279 e. The quantitative estimate of drug-likeness (QED) is 0.297. The summed E-state index contributed by atoms with van der Waals surface area (Å²) >= 11 is 3.21. The molecule has 2 N–H and O–H groups in total. The molecular formula is C27H17IN4O2S. The molecule has 3 aromatic carbocycles. The largest absolute Gasteiger partial charge is 0.389 e. The lowest BCUT2D eigenvalue weighted by atomic mass is 10.1. The molecule has 0 fully saturated rings. The molecule has 0 bridgehead atoms. The second kappa shape index (κ2) is 9.09. The van der Waals surface area contributed by atoms with Crippen molar-refractivity contribution in [1.29, 1.82) is 5.26 Å². The molecule has 0 radical (unpaired) electrons. The van der Waals surface area contributed by atoms with Gasteiger partial charge in [0.05, 0.1) is 16.1 Å². The molecule has 0 spiro atoms. The monoisotopic (exact) mass is 588 g/mol. The molecule has 2 aliphatic rings. The van der Waals surface area contributed by atoms with Crippen molar-refractivity contribution >= 4 is 55.6 Å². The Bertz CT molecular complexity index is 1870.